The van der Waals surface area contributed by atoms with E-state index < -0.39 is 0 Å². The molecule has 0 radical (unpaired) electrons. The van der Waals surface area contributed by atoms with Crippen LogP contribution in [0.1, 0.15) is 46.0 Å². The molecule has 4 atom stereocenters. The van der Waals surface area contributed by atoms with E-state index in [0.717, 1.165) is 32.1 Å². The largest absolute Gasteiger partial charge is 0.393 e. The van der Waals surface area contributed by atoms with E-state index in [9.17, 15) is 9.90 Å². The highest BCUT2D eigenvalue weighted by Crippen LogP contribution is 2.49. The fourth-order valence-corrected chi connectivity index (χ4v) is 3.33. The van der Waals surface area contributed by atoms with Crippen LogP contribution in [0, 0.1) is 17.3 Å². The van der Waals surface area contributed by atoms with Crippen molar-refractivity contribution in [2.45, 2.75) is 52.1 Å². The molecule has 14 heavy (non-hydrogen) atoms. The Kier molecular flexibility index (Phi) is 2.42. The number of fused-ring (bicyclic) bond motifs is 1. The topological polar surface area (TPSA) is 37.3 Å². The Bertz CT molecular complexity index is 249. The van der Waals surface area contributed by atoms with E-state index >= 15 is 0 Å². The first kappa shape index (κ1) is 10.2. The van der Waals surface area contributed by atoms with Crippen LogP contribution in [0.15, 0.2) is 0 Å². The number of rotatable bonds is 0. The lowest BCUT2D eigenvalue weighted by molar-refractivity contribution is -0.141. The highest BCUT2D eigenvalue weighted by atomic mass is 16.3. The number of aliphatic hydroxyl groups excluding tert-OH is 1. The van der Waals surface area contributed by atoms with Gasteiger partial charge in [-0.25, -0.2) is 0 Å². The van der Waals surface area contributed by atoms with Crippen LogP contribution in [0.3, 0.4) is 0 Å². The predicted molar refractivity (Wildman–Crippen MR) is 54.9 cm³/mol. The molecule has 2 nitrogen and oxygen atoms in total. The number of Topliss-reactive ketones (excluding diaryl/α,β-unsaturated/α-hetero) is 1. The van der Waals surface area contributed by atoms with E-state index in [2.05, 4.69) is 13.8 Å². The van der Waals surface area contributed by atoms with Gasteiger partial charge in [0.1, 0.15) is 5.78 Å². The molecule has 80 valence electrons. The zero-order valence-electron chi connectivity index (χ0n) is 9.12. The second-order valence-corrected chi connectivity index (χ2v) is 5.41. The summed E-state index contributed by atoms with van der Waals surface area (Å²) < 4.78 is 0. The van der Waals surface area contributed by atoms with E-state index in [4.69, 9.17) is 0 Å². The summed E-state index contributed by atoms with van der Waals surface area (Å²) in [7, 11) is 0. The zero-order valence-corrected chi connectivity index (χ0v) is 9.12. The van der Waals surface area contributed by atoms with Gasteiger partial charge < -0.3 is 5.11 Å². The molecular weight excluding hydrogens is 176 g/mol. The number of hydrogen-bond acceptors (Lipinski definition) is 2. The molecule has 2 saturated carbocycles. The molecular formula is C12H20O2. The Balaban J connectivity index is 2.21. The Morgan fingerprint density at radius 3 is 2.93 bits per heavy atom. The molecule has 0 bridgehead atoms. The van der Waals surface area contributed by atoms with Crippen molar-refractivity contribution < 1.29 is 9.90 Å². The molecule has 2 fully saturated rings. The molecule has 2 aliphatic rings. The third kappa shape index (κ3) is 1.40. The zero-order chi connectivity index (χ0) is 10.3. The molecule has 0 unspecified atom stereocenters. The number of carbonyl (C=O) groups is 1. The lowest BCUT2D eigenvalue weighted by atomic mass is 9.57. The molecule has 0 aromatic heterocycles. The summed E-state index contributed by atoms with van der Waals surface area (Å²) in [6.45, 7) is 4.18. The summed E-state index contributed by atoms with van der Waals surface area (Å²) in [4.78, 5) is 11.9. The minimum atomic E-state index is -0.182. The SMILES string of the molecule is C[C@@H]1C[C@]2(C)C(=O)CCC[C@@H]2C[C@@H]1O. The van der Waals surface area contributed by atoms with Crippen LogP contribution >= 0.6 is 0 Å². The van der Waals surface area contributed by atoms with Crippen molar-refractivity contribution in [1.82, 2.24) is 0 Å². The standard InChI is InChI=1S/C12H20O2/c1-8-7-12(2)9(6-10(8)13)4-3-5-11(12)14/h8-10,13H,3-7H2,1-2H3/t8-,9-,10+,12+/m1/s1. The minimum Gasteiger partial charge on any atom is -0.393 e. The van der Waals surface area contributed by atoms with E-state index in [1.807, 2.05) is 0 Å². The maximum Gasteiger partial charge on any atom is 0.139 e. The van der Waals surface area contributed by atoms with Gasteiger partial charge in [0.25, 0.3) is 0 Å². The summed E-state index contributed by atoms with van der Waals surface area (Å²) in [5.41, 5.74) is -0.114. The van der Waals surface area contributed by atoms with Crippen molar-refractivity contribution in [3.63, 3.8) is 0 Å². The Morgan fingerprint density at radius 1 is 1.50 bits per heavy atom. The number of carbonyl (C=O) groups excluding carboxylic acids is 1. The lowest BCUT2D eigenvalue weighted by Gasteiger charge is -2.47. The van der Waals surface area contributed by atoms with Gasteiger partial charge in [0.15, 0.2) is 0 Å². The number of hydrogen-bond donors (Lipinski definition) is 1. The van der Waals surface area contributed by atoms with Crippen LogP contribution in [-0.2, 0) is 4.79 Å². The monoisotopic (exact) mass is 196 g/mol. The summed E-state index contributed by atoms with van der Waals surface area (Å²) in [5, 5.41) is 9.81. The fourth-order valence-electron chi connectivity index (χ4n) is 3.33. The molecule has 2 aliphatic carbocycles. The molecule has 0 heterocycles. The molecule has 2 heteroatoms. The summed E-state index contributed by atoms with van der Waals surface area (Å²) in [5.74, 6) is 1.17. The Morgan fingerprint density at radius 2 is 2.21 bits per heavy atom. The van der Waals surface area contributed by atoms with E-state index in [-0.39, 0.29) is 11.5 Å². The van der Waals surface area contributed by atoms with Gasteiger partial charge in [-0.15, -0.1) is 0 Å². The summed E-state index contributed by atoms with van der Waals surface area (Å²) in [6.07, 6.45) is 4.46. The van der Waals surface area contributed by atoms with Gasteiger partial charge in [0.05, 0.1) is 6.10 Å². The van der Waals surface area contributed by atoms with Gasteiger partial charge >= 0.3 is 0 Å². The molecule has 1 N–H and O–H groups in total. The van der Waals surface area contributed by atoms with Gasteiger partial charge in [-0.3, -0.25) is 4.79 Å². The van der Waals surface area contributed by atoms with Crippen molar-refractivity contribution >= 4 is 5.78 Å². The van der Waals surface area contributed by atoms with E-state index in [1.54, 1.807) is 0 Å². The second kappa shape index (κ2) is 3.34. The van der Waals surface area contributed by atoms with Crippen molar-refractivity contribution in [1.29, 1.82) is 0 Å². The Labute approximate surface area is 85.7 Å². The maximum atomic E-state index is 11.9. The van der Waals surface area contributed by atoms with E-state index in [1.165, 1.54) is 0 Å². The molecule has 0 aromatic rings. The second-order valence-electron chi connectivity index (χ2n) is 5.41. The van der Waals surface area contributed by atoms with Gasteiger partial charge in [0, 0.05) is 11.8 Å². The smallest absolute Gasteiger partial charge is 0.139 e. The van der Waals surface area contributed by atoms with Crippen molar-refractivity contribution in [2.24, 2.45) is 17.3 Å². The third-order valence-corrected chi connectivity index (χ3v) is 4.42. The molecule has 0 spiro atoms. The summed E-state index contributed by atoms with van der Waals surface area (Å²) >= 11 is 0. The van der Waals surface area contributed by atoms with Gasteiger partial charge in [0.2, 0.25) is 0 Å². The number of ketones is 1. The first-order chi connectivity index (χ1) is 6.54. The normalized spacial score (nSPS) is 48.8. The van der Waals surface area contributed by atoms with Crippen LogP contribution in [0.2, 0.25) is 0 Å². The molecule has 0 amide bonds. The van der Waals surface area contributed by atoms with Crippen LogP contribution in [0.5, 0.6) is 0 Å². The van der Waals surface area contributed by atoms with Crippen LogP contribution in [-0.4, -0.2) is 17.0 Å². The molecule has 0 aromatic carbocycles. The average molecular weight is 196 g/mol. The predicted octanol–water partition coefficient (Wildman–Crippen LogP) is 2.15. The minimum absolute atomic E-state index is 0.114. The molecule has 2 rings (SSSR count). The lowest BCUT2D eigenvalue weighted by Crippen LogP contribution is -2.47. The van der Waals surface area contributed by atoms with Gasteiger partial charge in [-0.05, 0) is 37.5 Å². The maximum absolute atomic E-state index is 11.9. The first-order valence-corrected chi connectivity index (χ1v) is 5.75. The average Bonchev–Trinajstić information content (AvgIpc) is 2.11. The van der Waals surface area contributed by atoms with Gasteiger partial charge in [-0.2, -0.15) is 0 Å². The van der Waals surface area contributed by atoms with Crippen molar-refractivity contribution in [2.75, 3.05) is 0 Å². The third-order valence-electron chi connectivity index (χ3n) is 4.42. The van der Waals surface area contributed by atoms with Crippen LogP contribution in [0.4, 0.5) is 0 Å². The summed E-state index contributed by atoms with van der Waals surface area (Å²) in [6, 6.07) is 0. The number of aliphatic hydroxyl groups is 1. The highest BCUT2D eigenvalue weighted by molar-refractivity contribution is 5.85. The first-order valence-electron chi connectivity index (χ1n) is 5.75. The Hall–Kier alpha value is -0.370. The highest BCUT2D eigenvalue weighted by Gasteiger charge is 2.48. The molecule has 0 aliphatic heterocycles. The van der Waals surface area contributed by atoms with Gasteiger partial charge in [-0.1, -0.05) is 13.8 Å². The quantitative estimate of drug-likeness (QED) is 0.644. The fraction of sp³-hybridized carbons (Fsp3) is 0.917. The molecule has 0 saturated heterocycles. The van der Waals surface area contributed by atoms with Crippen molar-refractivity contribution in [3.8, 4) is 0 Å². The van der Waals surface area contributed by atoms with Crippen LogP contribution in [0.25, 0.3) is 0 Å². The van der Waals surface area contributed by atoms with Crippen molar-refractivity contribution in [3.05, 3.63) is 0 Å². The van der Waals surface area contributed by atoms with Crippen LogP contribution < -0.4 is 0 Å². The van der Waals surface area contributed by atoms with E-state index in [0.29, 0.717) is 17.6 Å².